The van der Waals surface area contributed by atoms with E-state index in [9.17, 15) is 35.1 Å². The Balaban J connectivity index is 0.00000361. The molecule has 0 aromatic heterocycles. The average Bonchev–Trinajstić information content (AvgIpc) is 2.76. The van der Waals surface area contributed by atoms with Gasteiger partial charge in [0, 0.05) is 17.7 Å². The molecule has 0 radical (unpaired) electrons. The molecule has 0 saturated heterocycles. The molecule has 4 aromatic rings. The molecule has 0 fully saturated rings. The molecule has 9 heteroatoms. The van der Waals surface area contributed by atoms with Crippen LogP contribution in [0.25, 0.3) is 22.3 Å². The van der Waals surface area contributed by atoms with Crippen LogP contribution < -0.4 is 4.74 Å². The van der Waals surface area contributed by atoms with E-state index < -0.39 is 52.3 Å². The standard InChI is InChI=1S/C26H14F8O.CH4/c1-13-2-4-14(5-3-13)15-6-7-18(19(27)8-15)16-9-20(28)24(21(29)10-16)26(33,34)35-17-11-22(30)25(32)23(31)12-17;/h2-12H,1H3;1H4. The predicted octanol–water partition coefficient (Wildman–Crippen LogP) is 8.93. The maximum absolute atomic E-state index is 14.8. The molecule has 0 aliphatic carbocycles. The monoisotopic (exact) mass is 510 g/mol. The molecule has 0 bridgehead atoms. The Morgan fingerprint density at radius 3 is 1.61 bits per heavy atom. The summed E-state index contributed by atoms with van der Waals surface area (Å²) in [4.78, 5) is 0. The Morgan fingerprint density at radius 1 is 0.583 bits per heavy atom. The van der Waals surface area contributed by atoms with Gasteiger partial charge in [0.1, 0.15) is 28.8 Å². The highest BCUT2D eigenvalue weighted by Crippen LogP contribution is 2.38. The van der Waals surface area contributed by atoms with Gasteiger partial charge in [-0.1, -0.05) is 49.4 Å². The molecule has 0 N–H and O–H groups in total. The largest absolute Gasteiger partial charge is 0.432 e. The summed E-state index contributed by atoms with van der Waals surface area (Å²) in [6, 6.07) is 12.2. The molecule has 4 rings (SSSR count). The van der Waals surface area contributed by atoms with Gasteiger partial charge < -0.3 is 4.74 Å². The minimum atomic E-state index is -4.74. The van der Waals surface area contributed by atoms with E-state index in [2.05, 4.69) is 4.74 Å². The molecule has 0 saturated carbocycles. The van der Waals surface area contributed by atoms with Crippen LogP contribution in [0.15, 0.2) is 66.7 Å². The van der Waals surface area contributed by atoms with Crippen LogP contribution in [0.5, 0.6) is 5.75 Å². The maximum Gasteiger partial charge on any atom is 0.432 e. The second-order valence-electron chi connectivity index (χ2n) is 7.70. The van der Waals surface area contributed by atoms with Crippen LogP contribution in [-0.4, -0.2) is 0 Å². The van der Waals surface area contributed by atoms with E-state index in [4.69, 9.17) is 0 Å². The molecular weight excluding hydrogens is 492 g/mol. The summed E-state index contributed by atoms with van der Waals surface area (Å²) in [5.41, 5.74) is -0.319. The van der Waals surface area contributed by atoms with Crippen molar-refractivity contribution in [2.75, 3.05) is 0 Å². The zero-order chi connectivity index (χ0) is 25.5. The number of rotatable bonds is 5. The van der Waals surface area contributed by atoms with Gasteiger partial charge in [-0.25, -0.2) is 26.3 Å². The van der Waals surface area contributed by atoms with E-state index in [1.165, 1.54) is 12.1 Å². The first-order valence-corrected chi connectivity index (χ1v) is 10.0. The number of ether oxygens (including phenoxy) is 1. The van der Waals surface area contributed by atoms with Crippen LogP contribution in [0, 0.1) is 41.8 Å². The van der Waals surface area contributed by atoms with Crippen LogP contribution >= 0.6 is 0 Å². The smallest absolute Gasteiger partial charge is 0.429 e. The second-order valence-corrected chi connectivity index (χ2v) is 7.70. The first-order chi connectivity index (χ1) is 16.5. The number of aryl methyl sites for hydroxylation is 1. The summed E-state index contributed by atoms with van der Waals surface area (Å²) in [7, 11) is 0. The number of alkyl halides is 2. The minimum Gasteiger partial charge on any atom is -0.429 e. The van der Waals surface area contributed by atoms with Crippen molar-refractivity contribution in [3.05, 3.63) is 113 Å². The lowest BCUT2D eigenvalue weighted by molar-refractivity contribution is -0.189. The molecule has 0 aliphatic rings. The molecule has 0 heterocycles. The molecule has 188 valence electrons. The van der Waals surface area contributed by atoms with Crippen molar-refractivity contribution in [3.8, 4) is 28.0 Å². The van der Waals surface area contributed by atoms with Crippen molar-refractivity contribution < 1.29 is 39.9 Å². The van der Waals surface area contributed by atoms with E-state index in [0.29, 0.717) is 23.3 Å². The maximum atomic E-state index is 14.8. The van der Waals surface area contributed by atoms with Gasteiger partial charge in [-0.05, 0) is 41.8 Å². The van der Waals surface area contributed by atoms with Gasteiger partial charge in [0.15, 0.2) is 17.5 Å². The molecule has 4 aromatic carbocycles. The van der Waals surface area contributed by atoms with Crippen molar-refractivity contribution >= 4 is 0 Å². The van der Waals surface area contributed by atoms with Gasteiger partial charge in [-0.3, -0.25) is 0 Å². The predicted molar refractivity (Wildman–Crippen MR) is 119 cm³/mol. The third kappa shape index (κ3) is 5.19. The van der Waals surface area contributed by atoms with Crippen LogP contribution in [0.4, 0.5) is 35.1 Å². The van der Waals surface area contributed by atoms with Crippen LogP contribution in [0.3, 0.4) is 0 Å². The first-order valence-electron chi connectivity index (χ1n) is 10.0. The summed E-state index contributed by atoms with van der Waals surface area (Å²) in [5.74, 6) is -11.3. The van der Waals surface area contributed by atoms with Crippen molar-refractivity contribution in [2.24, 2.45) is 0 Å². The lowest BCUT2D eigenvalue weighted by Crippen LogP contribution is -2.25. The number of hydrogen-bond acceptors (Lipinski definition) is 1. The quantitative estimate of drug-likeness (QED) is 0.192. The van der Waals surface area contributed by atoms with Crippen molar-refractivity contribution in [2.45, 2.75) is 20.5 Å². The molecule has 1 nitrogen and oxygen atoms in total. The molecule has 0 aliphatic heterocycles. The fraction of sp³-hybridized carbons (Fsp3) is 0.111. The van der Waals surface area contributed by atoms with E-state index >= 15 is 0 Å². The number of benzene rings is 4. The van der Waals surface area contributed by atoms with Gasteiger partial charge >= 0.3 is 6.11 Å². The molecule has 0 unspecified atom stereocenters. The topological polar surface area (TPSA) is 9.23 Å². The highest BCUT2D eigenvalue weighted by Gasteiger charge is 2.41. The van der Waals surface area contributed by atoms with E-state index in [0.717, 1.165) is 11.6 Å². The Hall–Kier alpha value is -3.88. The summed E-state index contributed by atoms with van der Waals surface area (Å²) < 4.78 is 117. The Morgan fingerprint density at radius 2 is 1.08 bits per heavy atom. The number of hydrogen-bond donors (Lipinski definition) is 0. The zero-order valence-corrected chi connectivity index (χ0v) is 17.8. The third-order valence-electron chi connectivity index (χ3n) is 5.20. The molecular formula is C27H18F8O. The van der Waals surface area contributed by atoms with Gasteiger partial charge in [-0.2, -0.15) is 8.78 Å². The molecule has 0 atom stereocenters. The van der Waals surface area contributed by atoms with Crippen LogP contribution in [0.1, 0.15) is 18.6 Å². The minimum absolute atomic E-state index is 0. The van der Waals surface area contributed by atoms with Gasteiger partial charge in [0.25, 0.3) is 0 Å². The summed E-state index contributed by atoms with van der Waals surface area (Å²) in [6.07, 6.45) is -4.74. The van der Waals surface area contributed by atoms with E-state index in [1.54, 1.807) is 12.1 Å². The average molecular weight is 510 g/mol. The lowest BCUT2D eigenvalue weighted by atomic mass is 9.98. The zero-order valence-electron chi connectivity index (χ0n) is 17.8. The normalized spacial score (nSPS) is 11.2. The van der Waals surface area contributed by atoms with E-state index in [-0.39, 0.29) is 30.7 Å². The summed E-state index contributed by atoms with van der Waals surface area (Å²) in [6.45, 7) is 1.88. The fourth-order valence-corrected chi connectivity index (χ4v) is 3.47. The van der Waals surface area contributed by atoms with Crippen LogP contribution in [0.2, 0.25) is 0 Å². The van der Waals surface area contributed by atoms with E-state index in [1.807, 2.05) is 19.1 Å². The molecule has 0 amide bonds. The van der Waals surface area contributed by atoms with Gasteiger partial charge in [0.05, 0.1) is 0 Å². The SMILES string of the molecule is C.Cc1ccc(-c2ccc(-c3cc(F)c(C(F)(F)Oc4cc(F)c(F)c(F)c4)c(F)c3)c(F)c2)cc1. The third-order valence-corrected chi connectivity index (χ3v) is 5.20. The van der Waals surface area contributed by atoms with Crippen molar-refractivity contribution in [1.29, 1.82) is 0 Å². The second kappa shape index (κ2) is 10.0. The summed E-state index contributed by atoms with van der Waals surface area (Å²) >= 11 is 0. The fourth-order valence-electron chi connectivity index (χ4n) is 3.47. The molecule has 0 spiro atoms. The van der Waals surface area contributed by atoms with Gasteiger partial charge in [-0.15, -0.1) is 0 Å². The van der Waals surface area contributed by atoms with Crippen molar-refractivity contribution in [3.63, 3.8) is 0 Å². The Bertz CT molecular complexity index is 1370. The summed E-state index contributed by atoms with van der Waals surface area (Å²) in [5, 5.41) is 0. The van der Waals surface area contributed by atoms with Crippen LogP contribution in [-0.2, 0) is 6.11 Å². The van der Waals surface area contributed by atoms with Crippen molar-refractivity contribution in [1.82, 2.24) is 0 Å². The Labute approximate surface area is 201 Å². The Kier molecular flexibility index (Phi) is 7.43. The highest BCUT2D eigenvalue weighted by molar-refractivity contribution is 5.71. The number of halogens is 8. The van der Waals surface area contributed by atoms with Gasteiger partial charge in [0.2, 0.25) is 0 Å². The molecule has 36 heavy (non-hydrogen) atoms. The lowest BCUT2D eigenvalue weighted by Gasteiger charge is -2.20. The highest BCUT2D eigenvalue weighted by atomic mass is 19.3. The first kappa shape index (κ1) is 26.7.